The van der Waals surface area contributed by atoms with Crippen LogP contribution in [-0.2, 0) is 48.0 Å². The lowest BCUT2D eigenvalue weighted by Crippen LogP contribution is -2.76. The molecule has 2 saturated carbocycles. The first kappa shape index (κ1) is 39.0. The monoisotopic (exact) mass is 773 g/mol. The Hall–Kier alpha value is -0.860. The summed E-state index contributed by atoms with van der Waals surface area (Å²) in [4.78, 5) is 23.4. The van der Waals surface area contributed by atoms with Crippen molar-refractivity contribution in [3.63, 3.8) is 0 Å². The van der Waals surface area contributed by atoms with Gasteiger partial charge in [-0.3, -0.25) is 0 Å². The second-order valence-corrected chi connectivity index (χ2v) is 17.4. The van der Waals surface area contributed by atoms with Gasteiger partial charge in [0.25, 0.3) is 11.6 Å². The van der Waals surface area contributed by atoms with Gasteiger partial charge in [-0.05, 0) is 76.0 Å². The summed E-state index contributed by atoms with van der Waals surface area (Å²) in [5, 5.41) is 2.88. The van der Waals surface area contributed by atoms with Gasteiger partial charge in [-0.15, -0.1) is 0 Å². The normalized spacial score (nSPS) is 53.4. The van der Waals surface area contributed by atoms with Gasteiger partial charge in [0.05, 0.1) is 13.2 Å². The Morgan fingerprint density at radius 3 is 1.32 bits per heavy atom. The van der Waals surface area contributed by atoms with E-state index in [0.717, 1.165) is 0 Å². The first-order chi connectivity index (χ1) is 24.8. The summed E-state index contributed by atoms with van der Waals surface area (Å²) in [5.41, 5.74) is -2.44. The molecule has 10 rings (SSSR count). The van der Waals surface area contributed by atoms with Crippen molar-refractivity contribution < 1.29 is 74.3 Å². The molecule has 0 amide bonds. The number of halogens is 6. The molecule has 2 spiro atoms. The molecule has 53 heavy (non-hydrogen) atoms. The SMILES string of the molecule is C[C@@H]1CC[C@H]2[C@@H](C)[C@](OCCNCCO[C@@]3(C(F)(F)F)O[C@@H]4O[C@@]5(C)CC[C@H]6[C@H](C)CC[C@@H]([C@H]3C)[C@@]46OO5)(C(F)(F)F)O[C@@H]3O[C@@]4(C)CC[C@@H]1[C@]32OO4. The maximum absolute atomic E-state index is 15.1. The minimum absolute atomic E-state index is 0.133. The van der Waals surface area contributed by atoms with Crippen molar-refractivity contribution in [2.45, 2.75) is 152 Å². The molecule has 0 radical (unpaired) electrons. The third-order valence-corrected chi connectivity index (χ3v) is 14.5. The smallest absolute Gasteiger partial charge is 0.341 e. The molecule has 0 aromatic rings. The van der Waals surface area contributed by atoms with Gasteiger partial charge in [-0.2, -0.15) is 26.3 Å². The van der Waals surface area contributed by atoms with Gasteiger partial charge >= 0.3 is 12.4 Å². The van der Waals surface area contributed by atoms with Crippen molar-refractivity contribution in [2.75, 3.05) is 26.3 Å². The van der Waals surface area contributed by atoms with Crippen LogP contribution in [0.5, 0.6) is 0 Å². The average Bonchev–Trinajstić information content (AvgIpc) is 3.45. The van der Waals surface area contributed by atoms with E-state index in [2.05, 4.69) is 19.2 Å². The zero-order valence-corrected chi connectivity index (χ0v) is 31.1. The van der Waals surface area contributed by atoms with E-state index >= 15 is 26.3 Å². The quantitative estimate of drug-likeness (QED) is 0.159. The number of ether oxygens (including phenoxy) is 6. The minimum Gasteiger partial charge on any atom is -0.341 e. The predicted molar refractivity (Wildman–Crippen MR) is 168 cm³/mol. The Morgan fingerprint density at radius 1 is 0.547 bits per heavy atom. The van der Waals surface area contributed by atoms with Crippen LogP contribution >= 0.6 is 0 Å². The first-order valence-corrected chi connectivity index (χ1v) is 19.3. The van der Waals surface area contributed by atoms with Crippen molar-refractivity contribution >= 4 is 0 Å². The highest BCUT2D eigenvalue weighted by Gasteiger charge is 2.79. The molecule has 10 aliphatic rings. The van der Waals surface area contributed by atoms with Crippen LogP contribution < -0.4 is 5.32 Å². The van der Waals surface area contributed by atoms with Gasteiger partial charge in [0.15, 0.2) is 23.8 Å². The molecule has 0 unspecified atom stereocenters. The average molecular weight is 774 g/mol. The molecule has 17 heteroatoms. The second kappa shape index (κ2) is 12.8. The summed E-state index contributed by atoms with van der Waals surface area (Å²) >= 11 is 0. The van der Waals surface area contributed by atoms with Crippen molar-refractivity contribution in [1.29, 1.82) is 0 Å². The van der Waals surface area contributed by atoms with Gasteiger partial charge in [0, 0.05) is 49.6 Å². The lowest BCUT2D eigenvalue weighted by Gasteiger charge is -2.63. The third-order valence-electron chi connectivity index (χ3n) is 14.5. The van der Waals surface area contributed by atoms with E-state index in [9.17, 15) is 0 Å². The van der Waals surface area contributed by atoms with Crippen LogP contribution in [0.1, 0.15) is 92.9 Å². The maximum Gasteiger partial charge on any atom is 0.443 e. The molecular weight excluding hydrogens is 720 g/mol. The van der Waals surface area contributed by atoms with Gasteiger partial charge < -0.3 is 33.7 Å². The number of hydrogen-bond donors (Lipinski definition) is 1. The van der Waals surface area contributed by atoms with Gasteiger partial charge in [0.1, 0.15) is 0 Å². The Bertz CT molecular complexity index is 1290. The standard InChI is InChI=1S/C36H53F6NO10/c1-19-7-9-25-21(3)33(35(37,38)39,48-27-31(25)23(19)11-13-29(5,46-27)50-52-31)44-17-15-43-16-18-45-34(36(40,41)42)22(4)26-10-8-20(2)24-12-14-30(6)47-28(49-34)32(24,26)53-51-30/h19-28,43H,7-18H2,1-6H3/t19-,20-,21-,22-,23+,24+,25+,26+,27+,28+,29-,30-,31-,32-,33-,34-/m1/s1. The molecule has 10 fully saturated rings. The molecule has 8 heterocycles. The molecule has 1 N–H and O–H groups in total. The van der Waals surface area contributed by atoms with Gasteiger partial charge in [-0.25, -0.2) is 19.6 Å². The van der Waals surface area contributed by atoms with E-state index in [1.54, 1.807) is 13.8 Å². The molecule has 8 saturated heterocycles. The molecule has 0 aromatic heterocycles. The fraction of sp³-hybridized carbons (Fsp3) is 1.00. The molecule has 304 valence electrons. The van der Waals surface area contributed by atoms with Crippen LogP contribution in [0.15, 0.2) is 0 Å². The number of alkyl halides is 6. The maximum atomic E-state index is 15.1. The fourth-order valence-corrected chi connectivity index (χ4v) is 11.7. The summed E-state index contributed by atoms with van der Waals surface area (Å²) in [6, 6.07) is 0. The van der Waals surface area contributed by atoms with Crippen molar-refractivity contribution in [2.24, 2.45) is 47.3 Å². The highest BCUT2D eigenvalue weighted by molar-refractivity contribution is 5.14. The lowest BCUT2D eigenvalue weighted by molar-refractivity contribution is -0.598. The Labute approximate surface area is 305 Å². The second-order valence-electron chi connectivity index (χ2n) is 17.4. The van der Waals surface area contributed by atoms with Crippen molar-refractivity contribution in [3.8, 4) is 0 Å². The van der Waals surface area contributed by atoms with Crippen LogP contribution in [0.25, 0.3) is 0 Å². The van der Waals surface area contributed by atoms with E-state index in [1.165, 1.54) is 13.8 Å². The Morgan fingerprint density at radius 2 is 0.943 bits per heavy atom. The molecular formula is C36H53F6NO10. The third kappa shape index (κ3) is 5.55. The fourth-order valence-electron chi connectivity index (χ4n) is 11.7. The topological polar surface area (TPSA) is 104 Å². The number of rotatable bonds is 8. The van der Waals surface area contributed by atoms with Crippen LogP contribution in [0, 0.1) is 47.3 Å². The summed E-state index contributed by atoms with van der Waals surface area (Å²) in [5.74, 6) is -12.2. The van der Waals surface area contributed by atoms with E-state index in [4.69, 9.17) is 48.0 Å². The lowest BCUT2D eigenvalue weighted by atomic mass is 9.57. The largest absolute Gasteiger partial charge is 0.443 e. The van der Waals surface area contributed by atoms with Crippen LogP contribution in [0.4, 0.5) is 26.3 Å². The number of fused-ring (bicyclic) bond motifs is 4. The van der Waals surface area contributed by atoms with Crippen molar-refractivity contribution in [1.82, 2.24) is 5.32 Å². The zero-order chi connectivity index (χ0) is 38.0. The number of nitrogens with one attached hydrogen (secondary N) is 1. The minimum atomic E-state index is -4.95. The Balaban J connectivity index is 0.938. The highest BCUT2D eigenvalue weighted by Crippen LogP contribution is 2.66. The summed E-state index contributed by atoms with van der Waals surface area (Å²) in [6.45, 7) is 9.12. The van der Waals surface area contributed by atoms with E-state index in [0.29, 0.717) is 51.4 Å². The van der Waals surface area contributed by atoms with E-state index in [1.807, 2.05) is 0 Å². The Kier molecular flexibility index (Phi) is 9.43. The molecule has 11 nitrogen and oxygen atoms in total. The first-order valence-electron chi connectivity index (χ1n) is 19.3. The molecule has 8 aliphatic heterocycles. The van der Waals surface area contributed by atoms with E-state index < -0.39 is 96.2 Å². The van der Waals surface area contributed by atoms with Crippen LogP contribution in [0.3, 0.4) is 0 Å². The summed E-state index contributed by atoms with van der Waals surface area (Å²) < 4.78 is 126. The van der Waals surface area contributed by atoms with E-state index in [-0.39, 0.29) is 36.8 Å². The highest BCUT2D eigenvalue weighted by atomic mass is 19.4. The van der Waals surface area contributed by atoms with Crippen LogP contribution in [0.2, 0.25) is 0 Å². The van der Waals surface area contributed by atoms with Crippen LogP contribution in [-0.4, -0.2) is 85.6 Å². The molecule has 4 bridgehead atoms. The zero-order valence-electron chi connectivity index (χ0n) is 31.1. The molecule has 16 atom stereocenters. The summed E-state index contributed by atoms with van der Waals surface area (Å²) in [6.07, 6.45) is -8.18. The predicted octanol–water partition coefficient (Wildman–Crippen LogP) is 6.89. The van der Waals surface area contributed by atoms with Gasteiger partial charge in [-0.1, -0.05) is 27.7 Å². The van der Waals surface area contributed by atoms with Crippen molar-refractivity contribution in [3.05, 3.63) is 0 Å². The molecule has 2 aliphatic carbocycles. The van der Waals surface area contributed by atoms with Gasteiger partial charge in [0.2, 0.25) is 11.6 Å². The number of hydrogen-bond acceptors (Lipinski definition) is 11. The molecule has 0 aromatic carbocycles. The summed E-state index contributed by atoms with van der Waals surface area (Å²) in [7, 11) is 0.